The molecule has 0 spiro atoms. The maximum absolute atomic E-state index is 5.93. The molecule has 96 valence electrons. The van der Waals surface area contributed by atoms with Crippen LogP contribution in [0.3, 0.4) is 0 Å². The van der Waals surface area contributed by atoms with E-state index in [0.717, 1.165) is 22.8 Å². The van der Waals surface area contributed by atoms with Gasteiger partial charge in [0.2, 0.25) is 0 Å². The summed E-state index contributed by atoms with van der Waals surface area (Å²) < 4.78 is 0.897. The minimum absolute atomic E-state index is 0.726. The second-order valence-electron chi connectivity index (χ2n) is 5.09. The molecule has 0 aliphatic heterocycles. The predicted octanol–water partition coefficient (Wildman–Crippen LogP) is 4.85. The van der Waals surface area contributed by atoms with Crippen molar-refractivity contribution in [3.8, 4) is 0 Å². The quantitative estimate of drug-likeness (QED) is 0.807. The number of nitrogens with one attached hydrogen (secondary N) is 1. The number of rotatable bonds is 5. The number of thiophene rings is 1. The Hall–Kier alpha value is -0.0500. The molecule has 0 saturated heterocycles. The van der Waals surface area contributed by atoms with E-state index in [4.69, 9.17) is 11.6 Å². The Morgan fingerprint density at radius 3 is 2.65 bits per heavy atom. The summed E-state index contributed by atoms with van der Waals surface area (Å²) in [5.74, 6) is 0.995. The van der Waals surface area contributed by atoms with Crippen molar-refractivity contribution in [3.05, 3.63) is 21.3 Å². The van der Waals surface area contributed by atoms with Gasteiger partial charge >= 0.3 is 0 Å². The van der Waals surface area contributed by atoms with Crippen LogP contribution in [0.25, 0.3) is 0 Å². The van der Waals surface area contributed by atoms with E-state index < -0.39 is 0 Å². The first-order valence-electron chi connectivity index (χ1n) is 6.75. The molecule has 0 aromatic carbocycles. The van der Waals surface area contributed by atoms with Crippen LogP contribution >= 0.6 is 22.9 Å². The lowest BCUT2D eigenvalue weighted by Crippen LogP contribution is -2.32. The fraction of sp³-hybridized carbons (Fsp3) is 0.714. The van der Waals surface area contributed by atoms with Crippen LogP contribution in [0.1, 0.15) is 50.3 Å². The second-order valence-corrected chi connectivity index (χ2v) is 6.89. The van der Waals surface area contributed by atoms with E-state index in [2.05, 4.69) is 18.3 Å². The van der Waals surface area contributed by atoms with Crippen molar-refractivity contribution in [2.24, 2.45) is 5.92 Å². The van der Waals surface area contributed by atoms with Gasteiger partial charge in [0.05, 0.1) is 4.34 Å². The molecule has 1 N–H and O–H groups in total. The molecule has 1 aromatic rings. The van der Waals surface area contributed by atoms with Gasteiger partial charge in [-0.2, -0.15) is 0 Å². The lowest BCUT2D eigenvalue weighted by molar-refractivity contribution is 0.278. The van der Waals surface area contributed by atoms with Gasteiger partial charge in [-0.1, -0.05) is 31.4 Å². The van der Waals surface area contributed by atoms with E-state index in [9.17, 15) is 0 Å². The molecule has 1 heterocycles. The highest BCUT2D eigenvalue weighted by Gasteiger charge is 2.19. The normalized spacial score (nSPS) is 25.1. The average Bonchev–Trinajstić information content (AvgIpc) is 2.75. The molecule has 1 saturated carbocycles. The maximum atomic E-state index is 5.93. The van der Waals surface area contributed by atoms with Crippen LogP contribution < -0.4 is 5.32 Å². The van der Waals surface area contributed by atoms with Crippen LogP contribution in [-0.4, -0.2) is 6.04 Å². The summed E-state index contributed by atoms with van der Waals surface area (Å²) in [6, 6.07) is 4.84. The molecule has 1 fully saturated rings. The molecule has 0 radical (unpaired) electrons. The molecule has 0 unspecified atom stereocenters. The highest BCUT2D eigenvalue weighted by molar-refractivity contribution is 7.16. The third kappa shape index (κ3) is 4.27. The van der Waals surface area contributed by atoms with Crippen molar-refractivity contribution in [2.45, 2.75) is 58.0 Å². The molecular weight excluding hydrogens is 250 g/mol. The first-order chi connectivity index (χ1) is 8.28. The van der Waals surface area contributed by atoms with E-state index in [1.807, 2.05) is 6.07 Å². The summed E-state index contributed by atoms with van der Waals surface area (Å²) in [5, 5.41) is 3.67. The van der Waals surface area contributed by atoms with E-state index in [1.54, 1.807) is 11.3 Å². The van der Waals surface area contributed by atoms with E-state index in [1.165, 1.54) is 43.4 Å². The van der Waals surface area contributed by atoms with Crippen molar-refractivity contribution in [1.82, 2.24) is 5.32 Å². The lowest BCUT2D eigenvalue weighted by atomic mass is 9.83. The Kier molecular flexibility index (Phi) is 5.33. The van der Waals surface area contributed by atoms with Crippen LogP contribution in [0.15, 0.2) is 12.1 Å². The van der Waals surface area contributed by atoms with Crippen molar-refractivity contribution >= 4 is 22.9 Å². The Balaban J connectivity index is 1.68. The Morgan fingerprint density at radius 1 is 1.29 bits per heavy atom. The molecule has 1 aromatic heterocycles. The number of halogens is 1. The smallest absolute Gasteiger partial charge is 0.0931 e. The maximum Gasteiger partial charge on any atom is 0.0931 e. The van der Waals surface area contributed by atoms with Crippen LogP contribution in [0, 0.1) is 5.92 Å². The lowest BCUT2D eigenvalue weighted by Gasteiger charge is -2.28. The predicted molar refractivity (Wildman–Crippen MR) is 76.8 cm³/mol. The summed E-state index contributed by atoms with van der Waals surface area (Å²) in [6.45, 7) is 3.28. The number of hydrogen-bond donors (Lipinski definition) is 1. The van der Waals surface area contributed by atoms with Crippen LogP contribution in [0.2, 0.25) is 4.34 Å². The minimum Gasteiger partial charge on any atom is -0.309 e. The molecule has 0 atom stereocenters. The summed E-state index contributed by atoms with van der Waals surface area (Å²) in [5.41, 5.74) is 0. The summed E-state index contributed by atoms with van der Waals surface area (Å²) in [4.78, 5) is 1.35. The van der Waals surface area contributed by atoms with Gasteiger partial charge < -0.3 is 5.32 Å². The summed E-state index contributed by atoms with van der Waals surface area (Å²) in [6.07, 6.45) is 8.30. The van der Waals surface area contributed by atoms with Crippen molar-refractivity contribution < 1.29 is 0 Å². The van der Waals surface area contributed by atoms with Crippen molar-refractivity contribution in [1.29, 1.82) is 0 Å². The zero-order valence-corrected chi connectivity index (χ0v) is 12.1. The minimum atomic E-state index is 0.726. The Bertz CT molecular complexity index is 329. The standard InChI is InChI=1S/C14H22ClNS/c1-2-3-11-4-6-12(7-5-11)16-10-13-8-9-14(15)17-13/h8-9,11-12,16H,2-7,10H2,1H3. The second kappa shape index (κ2) is 6.77. The van der Waals surface area contributed by atoms with Gasteiger partial charge in [-0.05, 0) is 43.7 Å². The molecule has 2 rings (SSSR count). The Labute approximate surface area is 114 Å². The average molecular weight is 272 g/mol. The van der Waals surface area contributed by atoms with Gasteiger partial charge in [0, 0.05) is 17.5 Å². The fourth-order valence-corrected chi connectivity index (χ4v) is 3.79. The summed E-state index contributed by atoms with van der Waals surface area (Å²) in [7, 11) is 0. The van der Waals surface area contributed by atoms with Crippen molar-refractivity contribution in [2.75, 3.05) is 0 Å². The monoisotopic (exact) mass is 271 g/mol. The third-order valence-corrected chi connectivity index (χ3v) is 4.97. The first kappa shape index (κ1) is 13.4. The van der Waals surface area contributed by atoms with Crippen molar-refractivity contribution in [3.63, 3.8) is 0 Å². The van der Waals surface area contributed by atoms with E-state index in [-0.39, 0.29) is 0 Å². The van der Waals surface area contributed by atoms with Gasteiger partial charge in [0.1, 0.15) is 0 Å². The third-order valence-electron chi connectivity index (χ3n) is 3.74. The van der Waals surface area contributed by atoms with Crippen LogP contribution in [0.5, 0.6) is 0 Å². The van der Waals surface area contributed by atoms with Gasteiger partial charge in [-0.3, -0.25) is 0 Å². The molecule has 1 aliphatic carbocycles. The molecule has 0 amide bonds. The molecule has 17 heavy (non-hydrogen) atoms. The van der Waals surface area contributed by atoms with Gasteiger partial charge in [-0.25, -0.2) is 0 Å². The van der Waals surface area contributed by atoms with Gasteiger partial charge in [0.25, 0.3) is 0 Å². The summed E-state index contributed by atoms with van der Waals surface area (Å²) >= 11 is 7.61. The molecule has 1 nitrogen and oxygen atoms in total. The highest BCUT2D eigenvalue weighted by Crippen LogP contribution is 2.28. The SMILES string of the molecule is CCCC1CCC(NCc2ccc(Cl)s2)CC1. The zero-order valence-electron chi connectivity index (χ0n) is 10.5. The molecule has 3 heteroatoms. The molecule has 0 bridgehead atoms. The zero-order chi connectivity index (χ0) is 12.1. The van der Waals surface area contributed by atoms with E-state index >= 15 is 0 Å². The van der Waals surface area contributed by atoms with Crippen LogP contribution in [0.4, 0.5) is 0 Å². The topological polar surface area (TPSA) is 12.0 Å². The Morgan fingerprint density at radius 2 is 2.06 bits per heavy atom. The van der Waals surface area contributed by atoms with Gasteiger partial charge in [0.15, 0.2) is 0 Å². The van der Waals surface area contributed by atoms with Gasteiger partial charge in [-0.15, -0.1) is 11.3 Å². The van der Waals surface area contributed by atoms with Crippen LogP contribution in [-0.2, 0) is 6.54 Å². The highest BCUT2D eigenvalue weighted by atomic mass is 35.5. The van der Waals surface area contributed by atoms with E-state index in [0.29, 0.717) is 0 Å². The molecule has 1 aliphatic rings. The largest absolute Gasteiger partial charge is 0.309 e. The first-order valence-corrected chi connectivity index (χ1v) is 7.95. The number of hydrogen-bond acceptors (Lipinski definition) is 2. The fourth-order valence-electron chi connectivity index (χ4n) is 2.76. The molecular formula is C14H22ClNS.